The number of hydrogen-bond donors (Lipinski definition) is 2. The number of pyridine rings is 1. The summed E-state index contributed by atoms with van der Waals surface area (Å²) < 4.78 is 11.2. The first kappa shape index (κ1) is 17.3. The van der Waals surface area contributed by atoms with E-state index in [9.17, 15) is 14.7 Å². The van der Waals surface area contributed by atoms with Gasteiger partial charge in [-0.05, 0) is 25.0 Å². The number of carbonyl (C=O) groups is 1. The van der Waals surface area contributed by atoms with Crippen LogP contribution in [0.5, 0.6) is 0 Å². The molecule has 0 amide bonds. The number of H-pyrrole nitrogens is 1. The number of oxazole rings is 1. The highest BCUT2D eigenvalue weighted by molar-refractivity contribution is 5.95. The van der Waals surface area contributed by atoms with Gasteiger partial charge in [0.15, 0.2) is 11.0 Å². The molecule has 1 unspecified atom stereocenters. The van der Waals surface area contributed by atoms with Crippen molar-refractivity contribution in [3.8, 4) is 11.3 Å². The highest BCUT2D eigenvalue weighted by Gasteiger charge is 2.28. The predicted molar refractivity (Wildman–Crippen MR) is 99.3 cm³/mol. The largest absolute Gasteiger partial charge is 0.477 e. The van der Waals surface area contributed by atoms with E-state index in [-0.39, 0.29) is 17.3 Å². The summed E-state index contributed by atoms with van der Waals surface area (Å²) in [4.78, 5) is 32.9. The number of aromatic nitrogens is 2. The molecule has 2 N–H and O–H groups in total. The minimum absolute atomic E-state index is 0.228. The smallest absolute Gasteiger partial charge is 0.341 e. The maximum absolute atomic E-state index is 11.9. The summed E-state index contributed by atoms with van der Waals surface area (Å²) in [6.45, 7) is 1.46. The molecular formula is C19H19N3O5. The molecule has 0 bridgehead atoms. The van der Waals surface area contributed by atoms with E-state index in [1.165, 1.54) is 12.3 Å². The molecule has 140 valence electrons. The summed E-state index contributed by atoms with van der Waals surface area (Å²) in [7, 11) is 1.68. The number of aromatic carboxylic acids is 1. The maximum atomic E-state index is 11.9. The first-order valence-electron chi connectivity index (χ1n) is 8.70. The van der Waals surface area contributed by atoms with Crippen molar-refractivity contribution in [1.29, 1.82) is 0 Å². The molecule has 8 nitrogen and oxygen atoms in total. The number of nitrogens with zero attached hydrogens (tertiary/aromatic N) is 2. The van der Waals surface area contributed by atoms with E-state index in [1.807, 2.05) is 0 Å². The summed E-state index contributed by atoms with van der Waals surface area (Å²) in [6, 6.07) is 7.14. The van der Waals surface area contributed by atoms with Crippen LogP contribution in [0.25, 0.3) is 22.4 Å². The van der Waals surface area contributed by atoms with Gasteiger partial charge in [-0.15, -0.1) is 0 Å². The molecule has 27 heavy (non-hydrogen) atoms. The third-order valence-electron chi connectivity index (χ3n) is 4.82. The molecule has 1 atom stereocenters. The first-order chi connectivity index (χ1) is 13.1. The van der Waals surface area contributed by atoms with Gasteiger partial charge in [0, 0.05) is 31.5 Å². The normalized spacial score (nSPS) is 16.9. The number of carboxylic acids is 1. The number of rotatable bonds is 5. The molecule has 1 fully saturated rings. The Hall–Kier alpha value is -3.13. The van der Waals surface area contributed by atoms with Crippen molar-refractivity contribution in [2.45, 2.75) is 18.9 Å². The zero-order valence-electron chi connectivity index (χ0n) is 14.8. The molecule has 1 aromatic carbocycles. The molecule has 3 aromatic rings. The van der Waals surface area contributed by atoms with Crippen LogP contribution in [0.3, 0.4) is 0 Å². The van der Waals surface area contributed by atoms with Crippen LogP contribution in [0.15, 0.2) is 39.7 Å². The van der Waals surface area contributed by atoms with Gasteiger partial charge in [-0.3, -0.25) is 4.79 Å². The number of hydrogen-bond acceptors (Lipinski definition) is 6. The summed E-state index contributed by atoms with van der Waals surface area (Å²) in [5.41, 5.74) is 1.16. The Bertz CT molecular complexity index is 1050. The van der Waals surface area contributed by atoms with Gasteiger partial charge >= 0.3 is 5.97 Å². The fourth-order valence-corrected chi connectivity index (χ4v) is 3.56. The van der Waals surface area contributed by atoms with Crippen molar-refractivity contribution in [2.75, 3.05) is 25.2 Å². The number of benzene rings is 1. The minimum atomic E-state index is -1.27. The van der Waals surface area contributed by atoms with Gasteiger partial charge in [-0.25, -0.2) is 4.79 Å². The monoisotopic (exact) mass is 369 g/mol. The van der Waals surface area contributed by atoms with Crippen molar-refractivity contribution >= 4 is 23.1 Å². The van der Waals surface area contributed by atoms with E-state index in [0.29, 0.717) is 29.3 Å². The van der Waals surface area contributed by atoms with Gasteiger partial charge in [0.05, 0.1) is 18.3 Å². The summed E-state index contributed by atoms with van der Waals surface area (Å²) in [5.74, 6) is -1.27. The van der Waals surface area contributed by atoms with E-state index in [4.69, 9.17) is 9.15 Å². The number of ether oxygens (including phenoxy) is 1. The van der Waals surface area contributed by atoms with E-state index in [2.05, 4.69) is 14.9 Å². The minimum Gasteiger partial charge on any atom is -0.477 e. The highest BCUT2D eigenvalue weighted by atomic mass is 16.5. The standard InChI is InChI=1S/C19H19N3O5/c1-26-10-12-3-2-8-22(12)19-21-13-5-4-11(9-15(13)27-19)17-16(18(24)25)14(23)6-7-20-17/h4-7,9,12H,2-3,8,10H2,1H3,(H,20,23)(H,24,25). The van der Waals surface area contributed by atoms with Crippen LogP contribution >= 0.6 is 0 Å². The zero-order chi connectivity index (χ0) is 19.0. The number of fused-ring (bicyclic) bond motifs is 1. The van der Waals surface area contributed by atoms with Crippen molar-refractivity contribution in [3.05, 3.63) is 46.2 Å². The molecule has 3 heterocycles. The molecule has 1 saturated heterocycles. The summed E-state index contributed by atoms with van der Waals surface area (Å²) in [6.07, 6.45) is 3.50. The maximum Gasteiger partial charge on any atom is 0.341 e. The van der Waals surface area contributed by atoms with Gasteiger partial charge in [0.1, 0.15) is 11.1 Å². The number of aromatic amines is 1. The van der Waals surface area contributed by atoms with Crippen LogP contribution < -0.4 is 10.3 Å². The second-order valence-electron chi connectivity index (χ2n) is 6.52. The van der Waals surface area contributed by atoms with Crippen molar-refractivity contribution in [2.24, 2.45) is 0 Å². The fourth-order valence-electron chi connectivity index (χ4n) is 3.56. The van der Waals surface area contributed by atoms with Gasteiger partial charge in [-0.2, -0.15) is 4.98 Å². The Morgan fingerprint density at radius 2 is 2.30 bits per heavy atom. The zero-order valence-corrected chi connectivity index (χ0v) is 14.8. The Kier molecular flexibility index (Phi) is 4.41. The fraction of sp³-hybridized carbons (Fsp3) is 0.316. The lowest BCUT2D eigenvalue weighted by atomic mass is 10.1. The van der Waals surface area contributed by atoms with Crippen LogP contribution in [-0.2, 0) is 4.74 Å². The molecule has 4 rings (SSSR count). The molecule has 2 aromatic heterocycles. The highest BCUT2D eigenvalue weighted by Crippen LogP contribution is 2.31. The topological polar surface area (TPSA) is 109 Å². The lowest BCUT2D eigenvalue weighted by molar-refractivity contribution is 0.0696. The summed E-state index contributed by atoms with van der Waals surface area (Å²) >= 11 is 0. The molecule has 0 spiro atoms. The molecule has 8 heteroatoms. The number of carboxylic acid groups (broad SMARTS) is 1. The molecule has 0 saturated carbocycles. The van der Waals surface area contributed by atoms with Crippen molar-refractivity contribution in [3.63, 3.8) is 0 Å². The summed E-state index contributed by atoms with van der Waals surface area (Å²) in [5, 5.41) is 9.37. The Balaban J connectivity index is 1.75. The Morgan fingerprint density at radius 1 is 1.44 bits per heavy atom. The van der Waals surface area contributed by atoms with Crippen molar-refractivity contribution < 1.29 is 19.1 Å². The van der Waals surface area contributed by atoms with Crippen LogP contribution in [0.1, 0.15) is 23.2 Å². The lowest BCUT2D eigenvalue weighted by Gasteiger charge is -2.21. The number of methoxy groups -OCH3 is 1. The average molecular weight is 369 g/mol. The van der Waals surface area contributed by atoms with Crippen molar-refractivity contribution in [1.82, 2.24) is 9.97 Å². The Labute approximate surface area is 154 Å². The van der Waals surface area contributed by atoms with Gasteiger partial charge < -0.3 is 24.1 Å². The molecule has 1 aliphatic rings. The quantitative estimate of drug-likeness (QED) is 0.711. The lowest BCUT2D eigenvalue weighted by Crippen LogP contribution is -2.32. The van der Waals surface area contributed by atoms with E-state index >= 15 is 0 Å². The van der Waals surface area contributed by atoms with Crippen LogP contribution in [0.2, 0.25) is 0 Å². The number of nitrogens with one attached hydrogen (secondary N) is 1. The predicted octanol–water partition coefficient (Wildman–Crippen LogP) is 2.50. The van der Waals surface area contributed by atoms with E-state index in [0.717, 1.165) is 19.4 Å². The first-order valence-corrected chi connectivity index (χ1v) is 8.70. The Morgan fingerprint density at radius 3 is 3.07 bits per heavy atom. The third kappa shape index (κ3) is 3.08. The van der Waals surface area contributed by atoms with Crippen LogP contribution in [0, 0.1) is 0 Å². The van der Waals surface area contributed by atoms with Crippen LogP contribution in [0.4, 0.5) is 6.01 Å². The molecular weight excluding hydrogens is 350 g/mol. The molecule has 0 aliphatic carbocycles. The number of anilines is 1. The third-order valence-corrected chi connectivity index (χ3v) is 4.82. The van der Waals surface area contributed by atoms with E-state index in [1.54, 1.807) is 25.3 Å². The van der Waals surface area contributed by atoms with Gasteiger partial charge in [-0.1, -0.05) is 6.07 Å². The second-order valence-corrected chi connectivity index (χ2v) is 6.52. The second kappa shape index (κ2) is 6.88. The SMILES string of the molecule is COCC1CCCN1c1nc2ccc(-c3[nH]ccc(=O)c3C(=O)O)cc2o1. The van der Waals surface area contributed by atoms with E-state index < -0.39 is 11.4 Å². The van der Waals surface area contributed by atoms with Gasteiger partial charge in [0.25, 0.3) is 6.01 Å². The van der Waals surface area contributed by atoms with Crippen LogP contribution in [-0.4, -0.2) is 47.3 Å². The average Bonchev–Trinajstić information content (AvgIpc) is 3.27. The molecule has 0 radical (unpaired) electrons. The molecule has 1 aliphatic heterocycles. The van der Waals surface area contributed by atoms with Gasteiger partial charge in [0.2, 0.25) is 0 Å².